The number of aromatic carboxylic acids is 1. The van der Waals surface area contributed by atoms with Gasteiger partial charge >= 0.3 is 11.9 Å². The van der Waals surface area contributed by atoms with Crippen LogP contribution >= 0.6 is 0 Å². The van der Waals surface area contributed by atoms with Crippen molar-refractivity contribution in [3.05, 3.63) is 66.2 Å². The zero-order valence-corrected chi connectivity index (χ0v) is 17.4. The monoisotopic (exact) mass is 454 g/mol. The lowest BCUT2D eigenvalue weighted by Crippen LogP contribution is -2.25. The van der Waals surface area contributed by atoms with Crippen LogP contribution in [0.2, 0.25) is 0 Å². The van der Waals surface area contributed by atoms with E-state index in [1.54, 1.807) is 24.3 Å². The fraction of sp³-hybridized carbons (Fsp3) is 0.136. The summed E-state index contributed by atoms with van der Waals surface area (Å²) in [6.07, 6.45) is -0.114. The Hall–Kier alpha value is -3.92. The van der Waals surface area contributed by atoms with Crippen molar-refractivity contribution in [2.24, 2.45) is 5.92 Å². The molecule has 3 aromatic rings. The Morgan fingerprint density at radius 2 is 1.59 bits per heavy atom. The highest BCUT2D eigenvalue weighted by molar-refractivity contribution is 7.92. The highest BCUT2D eigenvalue weighted by Gasteiger charge is 2.35. The lowest BCUT2D eigenvalue weighted by molar-refractivity contribution is -0.141. The number of nitrogens with zero attached hydrogens (tertiary/aromatic N) is 1. The second-order valence-electron chi connectivity index (χ2n) is 7.39. The van der Waals surface area contributed by atoms with Gasteiger partial charge < -0.3 is 15.1 Å². The molecular weight excluding hydrogens is 436 g/mol. The molecule has 1 atom stereocenters. The van der Waals surface area contributed by atoms with E-state index in [-0.39, 0.29) is 35.0 Å². The van der Waals surface area contributed by atoms with E-state index in [0.29, 0.717) is 16.5 Å². The molecule has 0 aliphatic carbocycles. The molecule has 1 unspecified atom stereocenters. The number of fused-ring (bicyclic) bond motifs is 1. The minimum atomic E-state index is -4.13. The normalized spacial score (nSPS) is 16.3. The lowest BCUT2D eigenvalue weighted by atomic mass is 10.1. The molecule has 10 heteroatoms. The molecule has 0 radical (unpaired) electrons. The van der Waals surface area contributed by atoms with Gasteiger partial charge in [0.05, 0.1) is 22.1 Å². The van der Waals surface area contributed by atoms with Gasteiger partial charge in [0.1, 0.15) is 0 Å². The van der Waals surface area contributed by atoms with E-state index < -0.39 is 27.9 Å². The molecule has 0 bridgehead atoms. The number of anilines is 2. The number of amides is 1. The second kappa shape index (κ2) is 7.97. The van der Waals surface area contributed by atoms with Crippen molar-refractivity contribution in [2.45, 2.75) is 11.3 Å². The Morgan fingerprint density at radius 1 is 0.969 bits per heavy atom. The van der Waals surface area contributed by atoms with Crippen LogP contribution in [0, 0.1) is 5.92 Å². The average Bonchev–Trinajstić information content (AvgIpc) is 3.15. The van der Waals surface area contributed by atoms with Gasteiger partial charge in [0.25, 0.3) is 10.0 Å². The minimum Gasteiger partial charge on any atom is -0.481 e. The van der Waals surface area contributed by atoms with Gasteiger partial charge in [-0.3, -0.25) is 14.3 Å². The molecule has 164 valence electrons. The number of carbonyl (C=O) groups excluding carboxylic acids is 1. The number of hydrogen-bond acceptors (Lipinski definition) is 5. The number of carboxylic acid groups (broad SMARTS) is 2. The summed E-state index contributed by atoms with van der Waals surface area (Å²) in [5.74, 6) is -3.50. The van der Waals surface area contributed by atoms with E-state index in [4.69, 9.17) is 5.11 Å². The number of sulfonamides is 1. The molecule has 1 heterocycles. The van der Waals surface area contributed by atoms with Crippen molar-refractivity contribution in [3.63, 3.8) is 0 Å². The first-order valence-electron chi connectivity index (χ1n) is 9.58. The Labute approximate surface area is 182 Å². The molecule has 32 heavy (non-hydrogen) atoms. The van der Waals surface area contributed by atoms with Gasteiger partial charge in [-0.1, -0.05) is 24.3 Å². The van der Waals surface area contributed by atoms with Crippen LogP contribution in [0.25, 0.3) is 10.8 Å². The number of carboxylic acids is 2. The molecule has 9 nitrogen and oxygen atoms in total. The maximum atomic E-state index is 12.9. The quantitative estimate of drug-likeness (QED) is 0.520. The number of nitrogens with one attached hydrogen (secondary N) is 1. The third-order valence-corrected chi connectivity index (χ3v) is 6.67. The molecule has 1 fully saturated rings. The van der Waals surface area contributed by atoms with Crippen molar-refractivity contribution < 1.29 is 33.0 Å². The van der Waals surface area contributed by atoms with Crippen molar-refractivity contribution in [1.82, 2.24) is 0 Å². The van der Waals surface area contributed by atoms with E-state index in [1.165, 1.54) is 41.3 Å². The Balaban J connectivity index is 1.62. The molecule has 0 aromatic heterocycles. The number of aliphatic carboxylic acids is 1. The number of hydrogen-bond donors (Lipinski definition) is 3. The topological polar surface area (TPSA) is 141 Å². The summed E-state index contributed by atoms with van der Waals surface area (Å²) in [6, 6.07) is 15.2. The highest BCUT2D eigenvalue weighted by Crippen LogP contribution is 2.29. The summed E-state index contributed by atoms with van der Waals surface area (Å²) in [5, 5.41) is 20.0. The zero-order valence-electron chi connectivity index (χ0n) is 16.6. The van der Waals surface area contributed by atoms with Crippen molar-refractivity contribution in [1.29, 1.82) is 0 Å². The SMILES string of the molecule is O=C(O)c1cc2ccccc2cc1NS(=O)(=O)c1ccc(N2CC(C(=O)O)CC2=O)cc1. The summed E-state index contributed by atoms with van der Waals surface area (Å²) < 4.78 is 28.1. The predicted octanol–water partition coefficient (Wildman–Crippen LogP) is 2.78. The van der Waals surface area contributed by atoms with Crippen LogP contribution in [0.4, 0.5) is 11.4 Å². The fourth-order valence-corrected chi connectivity index (χ4v) is 4.70. The average molecular weight is 454 g/mol. The zero-order chi connectivity index (χ0) is 23.0. The second-order valence-corrected chi connectivity index (χ2v) is 9.08. The van der Waals surface area contributed by atoms with Crippen LogP contribution in [0.1, 0.15) is 16.8 Å². The van der Waals surface area contributed by atoms with E-state index in [9.17, 15) is 27.9 Å². The first kappa shape index (κ1) is 21.3. The van der Waals surface area contributed by atoms with E-state index in [1.807, 2.05) is 0 Å². The summed E-state index contributed by atoms with van der Waals surface area (Å²) >= 11 is 0. The Morgan fingerprint density at radius 3 is 2.16 bits per heavy atom. The van der Waals surface area contributed by atoms with Crippen LogP contribution in [0.5, 0.6) is 0 Å². The molecule has 1 aliphatic heterocycles. The van der Waals surface area contributed by atoms with Gasteiger partial charge in [-0.25, -0.2) is 13.2 Å². The van der Waals surface area contributed by atoms with Gasteiger partial charge in [0.2, 0.25) is 5.91 Å². The van der Waals surface area contributed by atoms with E-state index >= 15 is 0 Å². The van der Waals surface area contributed by atoms with Gasteiger partial charge in [0, 0.05) is 18.7 Å². The third-order valence-electron chi connectivity index (χ3n) is 5.29. The van der Waals surface area contributed by atoms with E-state index in [2.05, 4.69) is 4.72 Å². The van der Waals surface area contributed by atoms with Gasteiger partial charge in [-0.2, -0.15) is 0 Å². The van der Waals surface area contributed by atoms with E-state index in [0.717, 1.165) is 0 Å². The first-order chi connectivity index (χ1) is 15.2. The van der Waals surface area contributed by atoms with Crippen molar-refractivity contribution in [3.8, 4) is 0 Å². The highest BCUT2D eigenvalue weighted by atomic mass is 32.2. The van der Waals surface area contributed by atoms with Gasteiger partial charge in [-0.05, 0) is 47.2 Å². The first-order valence-corrected chi connectivity index (χ1v) is 11.1. The Kier molecular flexibility index (Phi) is 5.31. The molecule has 4 rings (SSSR count). The summed E-state index contributed by atoms with van der Waals surface area (Å²) in [4.78, 5) is 36.1. The summed E-state index contributed by atoms with van der Waals surface area (Å²) in [5.41, 5.74) is 0.125. The maximum absolute atomic E-state index is 12.9. The number of carbonyl (C=O) groups is 3. The molecule has 1 aliphatic rings. The smallest absolute Gasteiger partial charge is 0.337 e. The predicted molar refractivity (Wildman–Crippen MR) is 116 cm³/mol. The molecule has 1 amide bonds. The van der Waals surface area contributed by atoms with Crippen LogP contribution in [-0.4, -0.2) is 43.0 Å². The fourth-order valence-electron chi connectivity index (χ4n) is 3.63. The maximum Gasteiger partial charge on any atom is 0.337 e. The van der Waals surface area contributed by atoms with Crippen molar-refractivity contribution in [2.75, 3.05) is 16.2 Å². The third kappa shape index (κ3) is 4.00. The molecule has 0 spiro atoms. The van der Waals surface area contributed by atoms with Gasteiger partial charge in [0.15, 0.2) is 0 Å². The Bertz CT molecular complexity index is 1350. The molecular formula is C22H18N2O7S. The van der Waals surface area contributed by atoms with Crippen LogP contribution in [0.3, 0.4) is 0 Å². The number of rotatable bonds is 6. The number of benzene rings is 3. The molecule has 3 N–H and O–H groups in total. The standard InChI is InChI=1S/C22H18N2O7S/c25-20-11-15(21(26)27)12-24(20)16-5-7-17(8-6-16)32(30,31)23-19-10-14-4-2-1-3-13(14)9-18(19)22(28)29/h1-10,15,23H,11-12H2,(H,26,27)(H,28,29). The summed E-state index contributed by atoms with van der Waals surface area (Å²) in [6.45, 7) is 0.0115. The van der Waals surface area contributed by atoms with Crippen LogP contribution < -0.4 is 9.62 Å². The van der Waals surface area contributed by atoms with Gasteiger partial charge in [-0.15, -0.1) is 0 Å². The molecule has 0 saturated carbocycles. The largest absolute Gasteiger partial charge is 0.481 e. The van der Waals surface area contributed by atoms with Crippen LogP contribution in [-0.2, 0) is 19.6 Å². The van der Waals surface area contributed by atoms with Crippen LogP contribution in [0.15, 0.2) is 65.6 Å². The molecule has 3 aromatic carbocycles. The lowest BCUT2D eigenvalue weighted by Gasteiger charge is -2.17. The minimum absolute atomic E-state index is 0.0115. The van der Waals surface area contributed by atoms with Crippen molar-refractivity contribution >= 4 is 50.0 Å². The molecule has 1 saturated heterocycles. The summed E-state index contributed by atoms with van der Waals surface area (Å²) in [7, 11) is -4.13.